The van der Waals surface area contributed by atoms with Crippen molar-refractivity contribution in [2.24, 2.45) is 0 Å². The van der Waals surface area contributed by atoms with E-state index in [0.29, 0.717) is 6.42 Å². The summed E-state index contributed by atoms with van der Waals surface area (Å²) in [7, 11) is 0. The van der Waals surface area contributed by atoms with E-state index >= 15 is 0 Å². The molecule has 1 aliphatic rings. The normalized spacial score (nSPS) is 16.6. The molecule has 0 saturated heterocycles. The number of carbonyl (C=O) groups excluding carboxylic acids is 1. The number of halogens is 1. The summed E-state index contributed by atoms with van der Waals surface area (Å²) in [5.74, 6) is 0. The van der Waals surface area contributed by atoms with Crippen molar-refractivity contribution < 1.29 is 4.79 Å². The molecule has 2 nitrogen and oxygen atoms in total. The number of hydrogen-bond acceptors (Lipinski definition) is 2. The molecular weight excluding hydrogens is 294 g/mol. The van der Waals surface area contributed by atoms with Crippen molar-refractivity contribution in [1.29, 1.82) is 0 Å². The standard InChI is InChI=1S/C19H20ClNO/c1-19(18(20)22,13-14-8-10-21-11-9-14)17-7-6-15-4-2-3-5-16(15)12-17/h6-12H,2-5,13H2,1H3. The van der Waals surface area contributed by atoms with Crippen molar-refractivity contribution in [1.82, 2.24) is 4.98 Å². The molecule has 0 N–H and O–H groups in total. The van der Waals surface area contributed by atoms with E-state index in [1.165, 1.54) is 24.0 Å². The Morgan fingerprint density at radius 1 is 1.14 bits per heavy atom. The molecule has 0 aliphatic heterocycles. The van der Waals surface area contributed by atoms with Gasteiger partial charge in [-0.2, -0.15) is 0 Å². The highest BCUT2D eigenvalue weighted by molar-refractivity contribution is 6.65. The number of pyridine rings is 1. The highest BCUT2D eigenvalue weighted by Gasteiger charge is 2.34. The van der Waals surface area contributed by atoms with Gasteiger partial charge in [-0.15, -0.1) is 0 Å². The maximum Gasteiger partial charge on any atom is 0.232 e. The Balaban J connectivity index is 1.98. The van der Waals surface area contributed by atoms with E-state index < -0.39 is 5.41 Å². The minimum atomic E-state index is -0.699. The fourth-order valence-corrected chi connectivity index (χ4v) is 3.45. The molecule has 1 atom stereocenters. The molecule has 0 amide bonds. The number of rotatable bonds is 4. The quantitative estimate of drug-likeness (QED) is 0.791. The third kappa shape index (κ3) is 2.93. The lowest BCUT2D eigenvalue weighted by molar-refractivity contribution is -0.116. The molecule has 0 saturated carbocycles. The number of hydrogen-bond donors (Lipinski definition) is 0. The van der Waals surface area contributed by atoms with Crippen LogP contribution in [0.5, 0.6) is 0 Å². The van der Waals surface area contributed by atoms with Gasteiger partial charge < -0.3 is 0 Å². The van der Waals surface area contributed by atoms with Gasteiger partial charge in [0.25, 0.3) is 0 Å². The molecule has 0 fully saturated rings. The molecular formula is C19H20ClNO. The fraction of sp³-hybridized carbons (Fsp3) is 0.368. The second-order valence-electron chi connectivity index (χ2n) is 6.33. The first-order valence-corrected chi connectivity index (χ1v) is 8.18. The van der Waals surface area contributed by atoms with Crippen LogP contribution in [0, 0.1) is 0 Å². The van der Waals surface area contributed by atoms with Gasteiger partial charge in [-0.3, -0.25) is 9.78 Å². The van der Waals surface area contributed by atoms with Crippen molar-refractivity contribution in [2.45, 2.75) is 44.4 Å². The van der Waals surface area contributed by atoms with Gasteiger partial charge in [0.05, 0.1) is 5.41 Å². The predicted octanol–water partition coefficient (Wildman–Crippen LogP) is 4.23. The van der Waals surface area contributed by atoms with Crippen molar-refractivity contribution in [3.05, 3.63) is 65.0 Å². The van der Waals surface area contributed by atoms with Gasteiger partial charge in [0.2, 0.25) is 5.24 Å². The molecule has 3 heteroatoms. The molecule has 1 aromatic carbocycles. The predicted molar refractivity (Wildman–Crippen MR) is 89.2 cm³/mol. The third-order valence-electron chi connectivity index (χ3n) is 4.73. The van der Waals surface area contributed by atoms with Crippen molar-refractivity contribution in [2.75, 3.05) is 0 Å². The van der Waals surface area contributed by atoms with Crippen LogP contribution >= 0.6 is 11.6 Å². The minimum absolute atomic E-state index is 0.305. The van der Waals surface area contributed by atoms with Crippen molar-refractivity contribution in [3.8, 4) is 0 Å². The lowest BCUT2D eigenvalue weighted by atomic mass is 9.76. The molecule has 1 aromatic heterocycles. The summed E-state index contributed by atoms with van der Waals surface area (Å²) in [4.78, 5) is 16.2. The molecule has 114 valence electrons. The van der Waals surface area contributed by atoms with Crippen LogP contribution in [-0.4, -0.2) is 10.2 Å². The van der Waals surface area contributed by atoms with Crippen molar-refractivity contribution >= 4 is 16.8 Å². The van der Waals surface area contributed by atoms with Crippen LogP contribution in [0.4, 0.5) is 0 Å². The van der Waals surface area contributed by atoms with E-state index in [4.69, 9.17) is 11.6 Å². The van der Waals surface area contributed by atoms with E-state index in [0.717, 1.165) is 24.0 Å². The number of fused-ring (bicyclic) bond motifs is 1. The average molecular weight is 314 g/mol. The van der Waals surface area contributed by atoms with Crippen LogP contribution in [0.25, 0.3) is 0 Å². The molecule has 0 radical (unpaired) electrons. The third-order valence-corrected chi connectivity index (χ3v) is 5.14. The number of nitrogens with zero attached hydrogens (tertiary/aromatic N) is 1. The van der Waals surface area contributed by atoms with Crippen LogP contribution in [0.15, 0.2) is 42.7 Å². The van der Waals surface area contributed by atoms with Crippen LogP contribution in [0.2, 0.25) is 0 Å². The van der Waals surface area contributed by atoms with E-state index in [1.54, 1.807) is 12.4 Å². The van der Waals surface area contributed by atoms with Gasteiger partial charge in [0.1, 0.15) is 0 Å². The summed E-state index contributed by atoms with van der Waals surface area (Å²) in [5, 5.41) is -0.305. The molecule has 1 aliphatic carbocycles. The minimum Gasteiger partial charge on any atom is -0.280 e. The Labute approximate surface area is 136 Å². The smallest absolute Gasteiger partial charge is 0.232 e. The zero-order valence-corrected chi connectivity index (χ0v) is 13.6. The molecule has 2 aromatic rings. The van der Waals surface area contributed by atoms with Gasteiger partial charge in [-0.05, 0) is 85.0 Å². The van der Waals surface area contributed by atoms with Gasteiger partial charge in [0, 0.05) is 12.4 Å². The summed E-state index contributed by atoms with van der Waals surface area (Å²) in [5.41, 5.74) is 4.19. The number of carbonyl (C=O) groups is 1. The first-order chi connectivity index (χ1) is 10.6. The molecule has 22 heavy (non-hydrogen) atoms. The Bertz CT molecular complexity index is 683. The average Bonchev–Trinajstić information content (AvgIpc) is 2.55. The second-order valence-corrected chi connectivity index (χ2v) is 6.67. The lowest BCUT2D eigenvalue weighted by Gasteiger charge is -2.28. The monoisotopic (exact) mass is 313 g/mol. The summed E-state index contributed by atoms with van der Waals surface area (Å²) in [6, 6.07) is 10.3. The zero-order chi connectivity index (χ0) is 15.6. The van der Waals surface area contributed by atoms with E-state index in [9.17, 15) is 4.79 Å². The first kappa shape index (κ1) is 15.2. The Hall–Kier alpha value is -1.67. The largest absolute Gasteiger partial charge is 0.280 e. The summed E-state index contributed by atoms with van der Waals surface area (Å²) >= 11 is 6.00. The number of benzene rings is 1. The Morgan fingerprint density at radius 3 is 2.50 bits per heavy atom. The molecule has 1 unspecified atom stereocenters. The van der Waals surface area contributed by atoms with Crippen LogP contribution in [0.3, 0.4) is 0 Å². The highest BCUT2D eigenvalue weighted by atomic mass is 35.5. The molecule has 1 heterocycles. The number of aryl methyl sites for hydroxylation is 2. The lowest BCUT2D eigenvalue weighted by Crippen LogP contribution is -2.32. The first-order valence-electron chi connectivity index (χ1n) is 7.81. The highest BCUT2D eigenvalue weighted by Crippen LogP contribution is 2.33. The van der Waals surface area contributed by atoms with Crippen LogP contribution in [0.1, 0.15) is 42.0 Å². The Morgan fingerprint density at radius 2 is 1.82 bits per heavy atom. The Kier molecular flexibility index (Phi) is 4.30. The van der Waals surface area contributed by atoms with Gasteiger partial charge >= 0.3 is 0 Å². The van der Waals surface area contributed by atoms with Crippen molar-refractivity contribution in [3.63, 3.8) is 0 Å². The van der Waals surface area contributed by atoms with Gasteiger partial charge in [-0.1, -0.05) is 18.2 Å². The van der Waals surface area contributed by atoms with Gasteiger partial charge in [0.15, 0.2) is 0 Å². The summed E-state index contributed by atoms with van der Waals surface area (Å²) in [6.07, 6.45) is 8.83. The molecule has 3 rings (SSSR count). The molecule has 0 bridgehead atoms. The van der Waals surface area contributed by atoms with E-state index in [-0.39, 0.29) is 5.24 Å². The second kappa shape index (κ2) is 6.21. The van der Waals surface area contributed by atoms with Crippen LogP contribution in [-0.2, 0) is 29.5 Å². The van der Waals surface area contributed by atoms with E-state index in [1.807, 2.05) is 19.1 Å². The zero-order valence-electron chi connectivity index (χ0n) is 12.8. The molecule has 0 spiro atoms. The maximum atomic E-state index is 12.2. The van der Waals surface area contributed by atoms with E-state index in [2.05, 4.69) is 23.2 Å². The summed E-state index contributed by atoms with van der Waals surface area (Å²) < 4.78 is 0. The topological polar surface area (TPSA) is 30.0 Å². The SMILES string of the molecule is CC(Cc1ccncc1)(C(=O)Cl)c1ccc2c(c1)CCCC2. The summed E-state index contributed by atoms with van der Waals surface area (Å²) in [6.45, 7) is 1.94. The maximum absolute atomic E-state index is 12.2. The fourth-order valence-electron chi connectivity index (χ4n) is 3.27. The number of aromatic nitrogens is 1. The van der Waals surface area contributed by atoms with Crippen LogP contribution < -0.4 is 0 Å². The van der Waals surface area contributed by atoms with Gasteiger partial charge in [-0.25, -0.2) is 0 Å².